The van der Waals surface area contributed by atoms with Crippen molar-refractivity contribution in [2.24, 2.45) is 0 Å². The lowest BCUT2D eigenvalue weighted by molar-refractivity contribution is 0.0979. The fraction of sp³-hybridized carbons (Fsp3) is 0. The predicted molar refractivity (Wildman–Crippen MR) is 109 cm³/mol. The lowest BCUT2D eigenvalue weighted by Gasteiger charge is -2.22. The molecule has 0 saturated carbocycles. The third kappa shape index (κ3) is 3.64. The van der Waals surface area contributed by atoms with Crippen molar-refractivity contribution in [1.29, 1.82) is 0 Å². The van der Waals surface area contributed by atoms with Gasteiger partial charge in [-0.3, -0.25) is 18.7 Å². The van der Waals surface area contributed by atoms with Crippen molar-refractivity contribution in [3.05, 3.63) is 82.9 Å². The van der Waals surface area contributed by atoms with Crippen molar-refractivity contribution in [2.45, 2.75) is 9.79 Å². The van der Waals surface area contributed by atoms with Crippen LogP contribution in [0.2, 0.25) is 0 Å². The minimum Gasteiger partial charge on any atom is -0.354 e. The second-order valence-electron chi connectivity index (χ2n) is 6.67. The van der Waals surface area contributed by atoms with Gasteiger partial charge in [-0.1, -0.05) is 18.2 Å². The average molecular weight is 459 g/mol. The Hall–Kier alpha value is -3.38. The number of carbonyl (C=O) groups excluding carboxylic acids is 2. The molecular formula is C20H13NO8S2. The summed E-state index contributed by atoms with van der Waals surface area (Å²) in [6, 6.07) is 13.2. The molecule has 31 heavy (non-hydrogen) atoms. The Labute approximate surface area is 176 Å². The molecule has 0 fully saturated rings. The van der Waals surface area contributed by atoms with Gasteiger partial charge in [0.15, 0.2) is 11.6 Å². The van der Waals surface area contributed by atoms with Crippen LogP contribution in [0.1, 0.15) is 31.8 Å². The van der Waals surface area contributed by atoms with Gasteiger partial charge in [0.25, 0.3) is 20.2 Å². The lowest BCUT2D eigenvalue weighted by atomic mass is 9.83. The molecular weight excluding hydrogens is 446 g/mol. The molecule has 0 bridgehead atoms. The number of rotatable bonds is 4. The van der Waals surface area contributed by atoms with E-state index in [1.807, 2.05) is 0 Å². The molecule has 0 aromatic heterocycles. The number of benzene rings is 3. The van der Waals surface area contributed by atoms with Gasteiger partial charge in [0.2, 0.25) is 0 Å². The molecule has 1 aliphatic rings. The maximum absolute atomic E-state index is 13.2. The topological polar surface area (TPSA) is 155 Å². The van der Waals surface area contributed by atoms with Gasteiger partial charge in [-0.2, -0.15) is 16.8 Å². The first kappa shape index (κ1) is 20.9. The summed E-state index contributed by atoms with van der Waals surface area (Å²) in [6.45, 7) is 0. The van der Waals surface area contributed by atoms with Crippen LogP contribution in [0, 0.1) is 0 Å². The van der Waals surface area contributed by atoms with Gasteiger partial charge in [-0.25, -0.2) is 0 Å². The van der Waals surface area contributed by atoms with E-state index in [0.29, 0.717) is 5.69 Å². The maximum atomic E-state index is 13.2. The van der Waals surface area contributed by atoms with Crippen LogP contribution in [0.15, 0.2) is 70.5 Å². The zero-order valence-corrected chi connectivity index (χ0v) is 17.1. The minimum absolute atomic E-state index is 0.173. The smallest absolute Gasteiger partial charge is 0.296 e. The van der Waals surface area contributed by atoms with E-state index in [9.17, 15) is 35.5 Å². The highest BCUT2D eigenvalue weighted by molar-refractivity contribution is 7.86. The number of hydrogen-bond acceptors (Lipinski definition) is 7. The quantitative estimate of drug-likeness (QED) is 0.391. The summed E-state index contributed by atoms with van der Waals surface area (Å²) < 4.78 is 65.6. The summed E-state index contributed by atoms with van der Waals surface area (Å²) >= 11 is 0. The highest BCUT2D eigenvalue weighted by Crippen LogP contribution is 2.38. The van der Waals surface area contributed by atoms with Crippen LogP contribution in [0.3, 0.4) is 0 Å². The van der Waals surface area contributed by atoms with E-state index in [1.165, 1.54) is 0 Å². The van der Waals surface area contributed by atoms with Crippen LogP contribution in [0.5, 0.6) is 0 Å². The predicted octanol–water partition coefficient (Wildman–Crippen LogP) is 2.70. The van der Waals surface area contributed by atoms with E-state index in [1.54, 1.807) is 30.3 Å². The second-order valence-corrected chi connectivity index (χ2v) is 9.48. The fourth-order valence-corrected chi connectivity index (χ4v) is 4.52. The van der Waals surface area contributed by atoms with Crippen LogP contribution in [-0.4, -0.2) is 37.5 Å². The van der Waals surface area contributed by atoms with Gasteiger partial charge < -0.3 is 5.32 Å². The molecule has 4 rings (SSSR count). The Kier molecular flexibility index (Phi) is 4.78. The van der Waals surface area contributed by atoms with E-state index in [4.69, 9.17) is 0 Å². The summed E-state index contributed by atoms with van der Waals surface area (Å²) in [7, 11) is -9.39. The number of nitrogens with one attached hydrogen (secondary N) is 1. The summed E-state index contributed by atoms with van der Waals surface area (Å²) in [5, 5.41) is 2.78. The molecule has 0 heterocycles. The van der Waals surface area contributed by atoms with E-state index in [0.717, 1.165) is 30.3 Å². The molecule has 0 radical (unpaired) electrons. The van der Waals surface area contributed by atoms with Crippen LogP contribution in [0.25, 0.3) is 0 Å². The van der Waals surface area contributed by atoms with E-state index in [2.05, 4.69) is 5.32 Å². The summed E-state index contributed by atoms with van der Waals surface area (Å²) in [5.41, 5.74) is -0.777. The Morgan fingerprint density at radius 1 is 0.677 bits per heavy atom. The average Bonchev–Trinajstić information content (AvgIpc) is 2.70. The second kappa shape index (κ2) is 7.10. The van der Waals surface area contributed by atoms with Crippen LogP contribution < -0.4 is 5.32 Å². The largest absolute Gasteiger partial charge is 0.354 e. The molecule has 0 unspecified atom stereocenters. The molecule has 0 amide bonds. The van der Waals surface area contributed by atoms with Gasteiger partial charge in [-0.15, -0.1) is 0 Å². The molecule has 0 spiro atoms. The Morgan fingerprint density at radius 2 is 1.32 bits per heavy atom. The van der Waals surface area contributed by atoms with Crippen molar-refractivity contribution in [3.8, 4) is 0 Å². The van der Waals surface area contributed by atoms with Crippen molar-refractivity contribution in [2.75, 3.05) is 5.32 Å². The van der Waals surface area contributed by atoms with Gasteiger partial charge in [0.05, 0.1) is 16.1 Å². The van der Waals surface area contributed by atoms with E-state index < -0.39 is 41.6 Å². The number of hydrogen-bond donors (Lipinski definition) is 3. The SMILES string of the molecule is O=C1c2cc(S(=O)(=O)O)ccc2C(=O)c2c1ccc(S(=O)(=O)O)c2Nc1ccccc1. The van der Waals surface area contributed by atoms with Crippen molar-refractivity contribution >= 4 is 43.2 Å². The highest BCUT2D eigenvalue weighted by atomic mass is 32.2. The molecule has 158 valence electrons. The normalized spacial score (nSPS) is 13.5. The Bertz CT molecular complexity index is 1480. The summed E-state index contributed by atoms with van der Waals surface area (Å²) in [6.07, 6.45) is 0. The van der Waals surface area contributed by atoms with Gasteiger partial charge in [0.1, 0.15) is 4.90 Å². The van der Waals surface area contributed by atoms with Crippen LogP contribution in [0.4, 0.5) is 11.4 Å². The molecule has 1 aliphatic carbocycles. The molecule has 0 aliphatic heterocycles. The van der Waals surface area contributed by atoms with Crippen LogP contribution in [-0.2, 0) is 20.2 Å². The van der Waals surface area contributed by atoms with Crippen LogP contribution >= 0.6 is 0 Å². The molecule has 9 nitrogen and oxygen atoms in total. The van der Waals surface area contributed by atoms with E-state index >= 15 is 0 Å². The monoisotopic (exact) mass is 459 g/mol. The molecule has 3 aromatic carbocycles. The highest BCUT2D eigenvalue weighted by Gasteiger charge is 2.35. The first-order chi connectivity index (χ1) is 14.5. The molecule has 3 aromatic rings. The first-order valence-corrected chi connectivity index (χ1v) is 11.5. The third-order valence-electron chi connectivity index (χ3n) is 4.74. The Balaban J connectivity index is 1.99. The Morgan fingerprint density at radius 3 is 1.94 bits per heavy atom. The number of anilines is 2. The standard InChI is InChI=1S/C20H13NO8S2/c22-19-14-8-9-16(31(27,28)29)18(21-11-4-2-1-3-5-11)17(14)20(23)13-7-6-12(10-15(13)19)30(24,25)26/h1-10,21H,(H,24,25,26)(H,27,28,29). The van der Waals surface area contributed by atoms with Gasteiger partial charge in [-0.05, 0) is 42.5 Å². The number of fused-ring (bicyclic) bond motifs is 2. The first-order valence-electron chi connectivity index (χ1n) is 8.66. The zero-order chi connectivity index (χ0) is 22.6. The molecule has 0 saturated heterocycles. The molecule has 3 N–H and O–H groups in total. The fourth-order valence-electron chi connectivity index (χ4n) is 3.36. The van der Waals surface area contributed by atoms with Gasteiger partial charge >= 0.3 is 0 Å². The lowest BCUT2D eigenvalue weighted by Crippen LogP contribution is -2.24. The number of para-hydroxylation sites is 1. The zero-order valence-electron chi connectivity index (χ0n) is 15.4. The minimum atomic E-state index is -4.77. The van der Waals surface area contributed by atoms with Crippen molar-refractivity contribution in [1.82, 2.24) is 0 Å². The number of ketones is 2. The van der Waals surface area contributed by atoms with E-state index in [-0.39, 0.29) is 27.9 Å². The third-order valence-corrected chi connectivity index (χ3v) is 6.48. The van der Waals surface area contributed by atoms with Crippen molar-refractivity contribution in [3.63, 3.8) is 0 Å². The number of carbonyl (C=O) groups is 2. The maximum Gasteiger partial charge on any atom is 0.296 e. The molecule has 11 heteroatoms. The van der Waals surface area contributed by atoms with Crippen molar-refractivity contribution < 1.29 is 35.5 Å². The summed E-state index contributed by atoms with van der Waals surface area (Å²) in [5.74, 6) is -1.50. The van der Waals surface area contributed by atoms with Gasteiger partial charge in [0, 0.05) is 22.4 Å². The molecule has 0 atom stereocenters. The summed E-state index contributed by atoms with van der Waals surface area (Å²) in [4.78, 5) is 25.1.